The summed E-state index contributed by atoms with van der Waals surface area (Å²) < 4.78 is 1.84. The lowest BCUT2D eigenvalue weighted by Crippen LogP contribution is -2.14. The van der Waals surface area contributed by atoms with Gasteiger partial charge in [0, 0.05) is 20.7 Å². The molecule has 1 heterocycles. The molecule has 0 aliphatic carbocycles. The Labute approximate surface area is 128 Å². The molecule has 19 heavy (non-hydrogen) atoms. The number of anilines is 1. The van der Waals surface area contributed by atoms with Crippen LogP contribution >= 0.6 is 31.9 Å². The minimum Gasteiger partial charge on any atom is -0.307 e. The Morgan fingerprint density at radius 1 is 1.21 bits per heavy atom. The summed E-state index contributed by atoms with van der Waals surface area (Å²) in [6.45, 7) is 3.85. The van der Waals surface area contributed by atoms with Gasteiger partial charge >= 0.3 is 0 Å². The molecule has 3 nitrogen and oxygen atoms in total. The molecule has 0 saturated heterocycles. The molecule has 0 saturated carbocycles. The van der Waals surface area contributed by atoms with Gasteiger partial charge in [-0.15, -0.1) is 0 Å². The van der Waals surface area contributed by atoms with E-state index in [1.165, 1.54) is 0 Å². The van der Waals surface area contributed by atoms with Crippen LogP contribution < -0.4 is 5.32 Å². The fraction of sp³-hybridized carbons (Fsp3) is 0.143. The van der Waals surface area contributed by atoms with Gasteiger partial charge in [-0.1, -0.05) is 22.0 Å². The van der Waals surface area contributed by atoms with Crippen molar-refractivity contribution in [1.29, 1.82) is 0 Å². The quantitative estimate of drug-likeness (QED) is 0.830. The van der Waals surface area contributed by atoms with Crippen LogP contribution in [0.4, 0.5) is 5.82 Å². The van der Waals surface area contributed by atoms with Crippen LogP contribution in [0.15, 0.2) is 39.4 Å². The maximum atomic E-state index is 12.2. The van der Waals surface area contributed by atoms with E-state index >= 15 is 0 Å². The van der Waals surface area contributed by atoms with E-state index in [1.54, 1.807) is 12.3 Å². The first-order valence-electron chi connectivity index (χ1n) is 5.67. The van der Waals surface area contributed by atoms with Gasteiger partial charge in [0.2, 0.25) is 0 Å². The van der Waals surface area contributed by atoms with Crippen LogP contribution in [0.25, 0.3) is 0 Å². The summed E-state index contributed by atoms with van der Waals surface area (Å²) in [5.41, 5.74) is 2.57. The second-order valence-corrected chi connectivity index (χ2v) is 5.89. The number of hydrogen-bond acceptors (Lipinski definition) is 2. The zero-order valence-electron chi connectivity index (χ0n) is 10.5. The summed E-state index contributed by atoms with van der Waals surface area (Å²) in [4.78, 5) is 16.4. The first-order valence-corrected chi connectivity index (χ1v) is 7.26. The topological polar surface area (TPSA) is 42.0 Å². The summed E-state index contributed by atoms with van der Waals surface area (Å²) in [5, 5.41) is 2.80. The molecule has 5 heteroatoms. The average molecular weight is 384 g/mol. The van der Waals surface area contributed by atoms with Crippen molar-refractivity contribution >= 4 is 43.6 Å². The lowest BCUT2D eigenvalue weighted by atomic mass is 10.1. The van der Waals surface area contributed by atoms with E-state index in [4.69, 9.17) is 0 Å². The molecule has 1 N–H and O–H groups in total. The predicted molar refractivity (Wildman–Crippen MR) is 83.5 cm³/mol. The largest absolute Gasteiger partial charge is 0.307 e. The molecule has 0 aliphatic rings. The average Bonchev–Trinajstić information content (AvgIpc) is 2.37. The number of nitrogens with zero attached hydrogens (tertiary/aromatic N) is 1. The molecule has 0 spiro atoms. The third-order valence-electron chi connectivity index (χ3n) is 2.80. The maximum absolute atomic E-state index is 12.2. The van der Waals surface area contributed by atoms with E-state index in [0.29, 0.717) is 11.4 Å². The van der Waals surface area contributed by atoms with E-state index < -0.39 is 0 Å². The highest BCUT2D eigenvalue weighted by Gasteiger charge is 2.11. The lowest BCUT2D eigenvalue weighted by Gasteiger charge is -2.09. The Morgan fingerprint density at radius 3 is 2.63 bits per heavy atom. The van der Waals surface area contributed by atoms with E-state index in [2.05, 4.69) is 42.2 Å². The van der Waals surface area contributed by atoms with Crippen molar-refractivity contribution in [2.45, 2.75) is 13.8 Å². The molecule has 1 aromatic heterocycles. The van der Waals surface area contributed by atoms with Crippen LogP contribution in [-0.2, 0) is 0 Å². The van der Waals surface area contributed by atoms with Gasteiger partial charge in [-0.2, -0.15) is 0 Å². The number of carbonyl (C=O) groups excluding carboxylic acids is 1. The third kappa shape index (κ3) is 3.22. The Hall–Kier alpha value is -1.20. The number of hydrogen-bond donors (Lipinski definition) is 1. The second-order valence-electron chi connectivity index (χ2n) is 4.19. The zero-order valence-corrected chi connectivity index (χ0v) is 13.7. The van der Waals surface area contributed by atoms with Crippen molar-refractivity contribution in [3.8, 4) is 0 Å². The summed E-state index contributed by atoms with van der Waals surface area (Å²) >= 11 is 6.80. The van der Waals surface area contributed by atoms with E-state index in [0.717, 1.165) is 20.1 Å². The van der Waals surface area contributed by atoms with E-state index in [1.807, 2.05) is 32.0 Å². The molecule has 98 valence electrons. The molecule has 2 aromatic rings. The molecule has 0 fully saturated rings. The van der Waals surface area contributed by atoms with Gasteiger partial charge in [-0.3, -0.25) is 4.79 Å². The fourth-order valence-electron chi connectivity index (χ4n) is 1.64. The molecule has 0 atom stereocenters. The summed E-state index contributed by atoms with van der Waals surface area (Å²) in [6.07, 6.45) is 1.68. The van der Waals surface area contributed by atoms with Crippen molar-refractivity contribution in [2.24, 2.45) is 0 Å². The molecular weight excluding hydrogens is 372 g/mol. The monoisotopic (exact) mass is 382 g/mol. The van der Waals surface area contributed by atoms with Gasteiger partial charge < -0.3 is 5.32 Å². The number of benzene rings is 1. The molecule has 1 amide bonds. The number of nitrogens with one attached hydrogen (secondary N) is 1. The zero-order chi connectivity index (χ0) is 14.0. The fourth-order valence-corrected chi connectivity index (χ4v) is 2.23. The molecule has 0 aliphatic heterocycles. The van der Waals surface area contributed by atoms with Gasteiger partial charge in [0.1, 0.15) is 5.82 Å². The normalized spacial score (nSPS) is 10.3. The number of aryl methyl sites for hydroxylation is 1. The van der Waals surface area contributed by atoms with Crippen molar-refractivity contribution in [3.63, 3.8) is 0 Å². The van der Waals surface area contributed by atoms with E-state index in [9.17, 15) is 4.79 Å². The van der Waals surface area contributed by atoms with Crippen molar-refractivity contribution in [1.82, 2.24) is 4.98 Å². The van der Waals surface area contributed by atoms with Crippen LogP contribution in [0.2, 0.25) is 0 Å². The Balaban J connectivity index is 2.26. The smallest absolute Gasteiger partial charge is 0.257 e. The van der Waals surface area contributed by atoms with Gasteiger partial charge in [0.25, 0.3) is 5.91 Å². The molecule has 0 bridgehead atoms. The Bertz CT molecular complexity index is 641. The number of halogens is 2. The molecule has 1 aromatic carbocycles. The lowest BCUT2D eigenvalue weighted by molar-refractivity contribution is 0.102. The molecule has 0 unspecified atom stereocenters. The molecular formula is C14H12Br2N2O. The van der Waals surface area contributed by atoms with Crippen molar-refractivity contribution in [2.75, 3.05) is 5.32 Å². The number of carbonyl (C=O) groups is 1. The number of aromatic nitrogens is 1. The first-order chi connectivity index (χ1) is 8.99. The highest BCUT2D eigenvalue weighted by Crippen LogP contribution is 2.21. The number of amides is 1. The Morgan fingerprint density at radius 2 is 1.95 bits per heavy atom. The summed E-state index contributed by atoms with van der Waals surface area (Å²) in [6, 6.07) is 7.37. The van der Waals surface area contributed by atoms with Gasteiger partial charge in [0.05, 0.1) is 0 Å². The number of pyridine rings is 1. The van der Waals surface area contributed by atoms with Crippen LogP contribution in [0.3, 0.4) is 0 Å². The van der Waals surface area contributed by atoms with Gasteiger partial charge in [-0.05, 0) is 59.1 Å². The minimum atomic E-state index is -0.159. The standard InChI is InChI=1S/C14H12Br2N2O/c1-8-6-13(17-7-12(8)16)18-14(19)10-4-3-5-11(15)9(10)2/h3-7H,1-2H3,(H,17,18,19). The number of rotatable bonds is 2. The van der Waals surface area contributed by atoms with Crippen molar-refractivity contribution < 1.29 is 4.79 Å². The maximum Gasteiger partial charge on any atom is 0.257 e. The highest BCUT2D eigenvalue weighted by atomic mass is 79.9. The van der Waals surface area contributed by atoms with Crippen LogP contribution in [0, 0.1) is 13.8 Å². The van der Waals surface area contributed by atoms with E-state index in [-0.39, 0.29) is 5.91 Å². The van der Waals surface area contributed by atoms with Crippen LogP contribution in [0.1, 0.15) is 21.5 Å². The summed E-state index contributed by atoms with van der Waals surface area (Å²) in [7, 11) is 0. The predicted octanol–water partition coefficient (Wildman–Crippen LogP) is 4.48. The molecule has 2 rings (SSSR count). The highest BCUT2D eigenvalue weighted by molar-refractivity contribution is 9.10. The van der Waals surface area contributed by atoms with Gasteiger partial charge in [0.15, 0.2) is 0 Å². The van der Waals surface area contributed by atoms with Crippen molar-refractivity contribution in [3.05, 3.63) is 56.1 Å². The first kappa shape index (κ1) is 14.2. The van der Waals surface area contributed by atoms with Crippen LogP contribution in [-0.4, -0.2) is 10.9 Å². The second kappa shape index (κ2) is 5.84. The Kier molecular flexibility index (Phi) is 4.37. The summed E-state index contributed by atoms with van der Waals surface area (Å²) in [5.74, 6) is 0.387. The van der Waals surface area contributed by atoms with Crippen LogP contribution in [0.5, 0.6) is 0 Å². The molecule has 0 radical (unpaired) electrons. The third-order valence-corrected chi connectivity index (χ3v) is 4.49. The van der Waals surface area contributed by atoms with Gasteiger partial charge in [-0.25, -0.2) is 4.98 Å². The minimum absolute atomic E-state index is 0.159. The SMILES string of the molecule is Cc1cc(NC(=O)c2cccc(Br)c2C)ncc1Br.